The minimum Gasteiger partial charge on any atom is -0.366 e. The third-order valence-corrected chi connectivity index (χ3v) is 3.86. The van der Waals surface area contributed by atoms with Gasteiger partial charge in [-0.2, -0.15) is 0 Å². The molecule has 0 aliphatic heterocycles. The maximum Gasteiger partial charge on any atom is 0.248 e. The van der Waals surface area contributed by atoms with Gasteiger partial charge in [-0.25, -0.2) is 15.0 Å². The molecule has 6 nitrogen and oxygen atoms in total. The zero-order chi connectivity index (χ0) is 16.5. The molecule has 2 aromatic heterocycles. The molecule has 4 rings (SSSR count). The summed E-state index contributed by atoms with van der Waals surface area (Å²) in [5.74, 6) is -0.452. The topological polar surface area (TPSA) is 97.6 Å². The van der Waals surface area contributed by atoms with Crippen LogP contribution < -0.4 is 5.73 Å². The summed E-state index contributed by atoms with van der Waals surface area (Å²) in [6.07, 6.45) is 3.09. The second kappa shape index (κ2) is 5.58. The SMILES string of the molecule is NC(=O)c1cccc(-c2ccccc2-c2ncnc3nc[nH]c23)c1. The zero-order valence-corrected chi connectivity index (χ0v) is 12.6. The Morgan fingerprint density at radius 1 is 0.958 bits per heavy atom. The maximum absolute atomic E-state index is 11.5. The van der Waals surface area contributed by atoms with Crippen molar-refractivity contribution < 1.29 is 4.79 Å². The van der Waals surface area contributed by atoms with Gasteiger partial charge in [0.2, 0.25) is 5.91 Å². The molecule has 3 N–H and O–H groups in total. The quantitative estimate of drug-likeness (QED) is 0.607. The monoisotopic (exact) mass is 315 g/mol. The first-order valence-corrected chi connectivity index (χ1v) is 7.38. The molecule has 0 aliphatic carbocycles. The largest absolute Gasteiger partial charge is 0.366 e. The van der Waals surface area contributed by atoms with E-state index in [0.29, 0.717) is 11.2 Å². The number of benzene rings is 2. The van der Waals surface area contributed by atoms with Crippen molar-refractivity contribution in [1.29, 1.82) is 0 Å². The first-order chi connectivity index (χ1) is 11.7. The van der Waals surface area contributed by atoms with E-state index in [9.17, 15) is 4.79 Å². The van der Waals surface area contributed by atoms with Gasteiger partial charge in [0.25, 0.3) is 0 Å². The van der Waals surface area contributed by atoms with Crippen LogP contribution in [-0.4, -0.2) is 25.8 Å². The lowest BCUT2D eigenvalue weighted by atomic mass is 9.96. The molecule has 2 aromatic carbocycles. The van der Waals surface area contributed by atoms with Crippen LogP contribution in [0, 0.1) is 0 Å². The molecule has 0 unspecified atom stereocenters. The number of hydrogen-bond acceptors (Lipinski definition) is 4. The average Bonchev–Trinajstić information content (AvgIpc) is 3.10. The fourth-order valence-electron chi connectivity index (χ4n) is 2.75. The Morgan fingerprint density at radius 2 is 1.79 bits per heavy atom. The van der Waals surface area contributed by atoms with E-state index in [0.717, 1.165) is 27.9 Å². The number of imidazole rings is 1. The molecule has 0 aliphatic rings. The van der Waals surface area contributed by atoms with E-state index >= 15 is 0 Å². The van der Waals surface area contributed by atoms with Gasteiger partial charge in [0, 0.05) is 11.1 Å². The number of aromatic nitrogens is 4. The average molecular weight is 315 g/mol. The number of carbonyl (C=O) groups excluding carboxylic acids is 1. The molecule has 0 atom stereocenters. The molecular formula is C18H13N5O. The third-order valence-electron chi connectivity index (χ3n) is 3.86. The van der Waals surface area contributed by atoms with Gasteiger partial charge in [-0.3, -0.25) is 4.79 Å². The number of hydrogen-bond donors (Lipinski definition) is 2. The number of nitrogens with two attached hydrogens (primary N) is 1. The number of rotatable bonds is 3. The Balaban J connectivity index is 1.95. The molecule has 116 valence electrons. The summed E-state index contributed by atoms with van der Waals surface area (Å²) in [4.78, 5) is 27.3. The fourth-order valence-corrected chi connectivity index (χ4v) is 2.75. The van der Waals surface area contributed by atoms with Gasteiger partial charge in [0.15, 0.2) is 5.65 Å². The normalized spacial score (nSPS) is 10.8. The maximum atomic E-state index is 11.5. The van der Waals surface area contributed by atoms with E-state index in [2.05, 4.69) is 19.9 Å². The number of nitrogens with one attached hydrogen (secondary N) is 1. The van der Waals surface area contributed by atoms with Crippen molar-refractivity contribution in [2.45, 2.75) is 0 Å². The Kier molecular flexibility index (Phi) is 3.28. The zero-order valence-electron chi connectivity index (χ0n) is 12.6. The summed E-state index contributed by atoms with van der Waals surface area (Å²) in [6, 6.07) is 15.1. The molecule has 0 saturated heterocycles. The van der Waals surface area contributed by atoms with Crippen LogP contribution in [0.5, 0.6) is 0 Å². The Hall–Kier alpha value is -3.54. The van der Waals surface area contributed by atoms with Crippen molar-refractivity contribution in [1.82, 2.24) is 19.9 Å². The van der Waals surface area contributed by atoms with E-state index in [1.54, 1.807) is 18.5 Å². The van der Waals surface area contributed by atoms with E-state index in [-0.39, 0.29) is 0 Å². The molecule has 0 spiro atoms. The Bertz CT molecular complexity index is 1050. The van der Waals surface area contributed by atoms with E-state index < -0.39 is 5.91 Å². The lowest BCUT2D eigenvalue weighted by Crippen LogP contribution is -2.10. The second-order valence-corrected chi connectivity index (χ2v) is 5.31. The summed E-state index contributed by atoms with van der Waals surface area (Å²) >= 11 is 0. The van der Waals surface area contributed by atoms with Crippen molar-refractivity contribution in [3.05, 3.63) is 66.7 Å². The van der Waals surface area contributed by atoms with Gasteiger partial charge < -0.3 is 10.7 Å². The van der Waals surface area contributed by atoms with Crippen molar-refractivity contribution in [3.8, 4) is 22.4 Å². The molecule has 6 heteroatoms. The molecule has 4 aromatic rings. The highest BCUT2D eigenvalue weighted by atomic mass is 16.1. The van der Waals surface area contributed by atoms with Gasteiger partial charge in [-0.15, -0.1) is 0 Å². The smallest absolute Gasteiger partial charge is 0.248 e. The lowest BCUT2D eigenvalue weighted by molar-refractivity contribution is 0.100. The Morgan fingerprint density at radius 3 is 2.62 bits per heavy atom. The predicted octanol–water partition coefficient (Wildman–Crippen LogP) is 2.79. The van der Waals surface area contributed by atoms with E-state index in [1.165, 1.54) is 6.33 Å². The molecule has 0 radical (unpaired) electrons. The van der Waals surface area contributed by atoms with E-state index in [1.807, 2.05) is 36.4 Å². The highest BCUT2D eigenvalue weighted by Crippen LogP contribution is 2.33. The summed E-state index contributed by atoms with van der Waals surface area (Å²) in [7, 11) is 0. The lowest BCUT2D eigenvalue weighted by Gasteiger charge is -2.10. The molecular weight excluding hydrogens is 302 g/mol. The molecule has 1 amide bonds. The molecule has 0 bridgehead atoms. The number of fused-ring (bicyclic) bond motifs is 1. The number of primary amides is 1. The van der Waals surface area contributed by atoms with Crippen molar-refractivity contribution in [2.24, 2.45) is 5.73 Å². The van der Waals surface area contributed by atoms with Gasteiger partial charge in [0.1, 0.15) is 17.5 Å². The third kappa shape index (κ3) is 2.30. The number of carbonyl (C=O) groups is 1. The van der Waals surface area contributed by atoms with Gasteiger partial charge in [0.05, 0.1) is 6.33 Å². The number of H-pyrrole nitrogens is 1. The minimum atomic E-state index is -0.452. The van der Waals surface area contributed by atoms with Crippen LogP contribution in [-0.2, 0) is 0 Å². The second-order valence-electron chi connectivity index (χ2n) is 5.31. The fraction of sp³-hybridized carbons (Fsp3) is 0. The summed E-state index contributed by atoms with van der Waals surface area (Å²) < 4.78 is 0. The highest BCUT2D eigenvalue weighted by molar-refractivity contribution is 5.96. The first kappa shape index (κ1) is 14.1. The number of nitrogens with zero attached hydrogens (tertiary/aromatic N) is 3. The van der Waals surface area contributed by atoms with Crippen LogP contribution in [0.1, 0.15) is 10.4 Å². The predicted molar refractivity (Wildman–Crippen MR) is 91.1 cm³/mol. The molecule has 0 fully saturated rings. The standard InChI is InChI=1S/C18H13N5O/c19-17(24)12-5-3-4-11(8-12)13-6-1-2-7-14(13)15-16-18(22-9-20-15)23-10-21-16/h1-10H,(H2,19,24)(H,20,21,22,23). The van der Waals surface area contributed by atoms with Crippen LogP contribution in [0.3, 0.4) is 0 Å². The molecule has 24 heavy (non-hydrogen) atoms. The first-order valence-electron chi connectivity index (χ1n) is 7.38. The van der Waals surface area contributed by atoms with Crippen LogP contribution in [0.25, 0.3) is 33.5 Å². The number of amides is 1. The van der Waals surface area contributed by atoms with Crippen LogP contribution in [0.15, 0.2) is 61.2 Å². The number of aromatic amines is 1. The summed E-state index contributed by atoms with van der Waals surface area (Å²) in [5.41, 5.74) is 10.8. The highest BCUT2D eigenvalue weighted by Gasteiger charge is 2.14. The van der Waals surface area contributed by atoms with Crippen molar-refractivity contribution >= 4 is 17.1 Å². The van der Waals surface area contributed by atoms with Crippen LogP contribution in [0.2, 0.25) is 0 Å². The van der Waals surface area contributed by atoms with Gasteiger partial charge >= 0.3 is 0 Å². The minimum absolute atomic E-state index is 0.452. The van der Waals surface area contributed by atoms with Gasteiger partial charge in [-0.1, -0.05) is 36.4 Å². The summed E-state index contributed by atoms with van der Waals surface area (Å²) in [5, 5.41) is 0. The molecule has 0 saturated carbocycles. The Labute approximate surface area is 137 Å². The molecule has 2 heterocycles. The van der Waals surface area contributed by atoms with Crippen molar-refractivity contribution in [2.75, 3.05) is 0 Å². The summed E-state index contributed by atoms with van der Waals surface area (Å²) in [6.45, 7) is 0. The van der Waals surface area contributed by atoms with Crippen LogP contribution in [0.4, 0.5) is 0 Å². The van der Waals surface area contributed by atoms with Gasteiger partial charge in [-0.05, 0) is 23.3 Å². The van der Waals surface area contributed by atoms with Crippen molar-refractivity contribution in [3.63, 3.8) is 0 Å². The van der Waals surface area contributed by atoms with Crippen LogP contribution >= 0.6 is 0 Å². The van der Waals surface area contributed by atoms with E-state index in [4.69, 9.17) is 5.73 Å².